The number of rotatable bonds is 7. The molecular formula is C14H17ClN2OS. The van der Waals surface area contributed by atoms with Gasteiger partial charge >= 0.3 is 0 Å². The molecule has 0 radical (unpaired) electrons. The zero-order chi connectivity index (χ0) is 13.5. The van der Waals surface area contributed by atoms with Crippen molar-refractivity contribution in [2.45, 2.75) is 13.1 Å². The van der Waals surface area contributed by atoms with Gasteiger partial charge in [-0.25, -0.2) is 4.98 Å². The van der Waals surface area contributed by atoms with Crippen molar-refractivity contribution in [3.63, 3.8) is 0 Å². The molecule has 0 aromatic carbocycles. The lowest BCUT2D eigenvalue weighted by molar-refractivity contribution is 0.140. The molecule has 5 heteroatoms. The Morgan fingerprint density at radius 2 is 2.21 bits per heavy atom. The van der Waals surface area contributed by atoms with Crippen molar-refractivity contribution in [1.29, 1.82) is 0 Å². The highest BCUT2D eigenvalue weighted by Gasteiger charge is 2.08. The van der Waals surface area contributed by atoms with E-state index in [4.69, 9.17) is 16.3 Å². The number of methoxy groups -OCH3 is 1. The minimum Gasteiger partial charge on any atom is -0.383 e. The fourth-order valence-corrected chi connectivity index (χ4v) is 2.67. The Bertz CT molecular complexity index is 473. The summed E-state index contributed by atoms with van der Waals surface area (Å²) < 4.78 is 5.17. The van der Waals surface area contributed by atoms with E-state index in [0.29, 0.717) is 5.15 Å². The maximum atomic E-state index is 5.80. The van der Waals surface area contributed by atoms with Crippen LogP contribution in [-0.4, -0.2) is 30.1 Å². The van der Waals surface area contributed by atoms with Gasteiger partial charge in [-0.3, -0.25) is 4.90 Å². The smallest absolute Gasteiger partial charge is 0.129 e. The Hall–Kier alpha value is -0.940. The van der Waals surface area contributed by atoms with E-state index in [1.807, 2.05) is 18.3 Å². The van der Waals surface area contributed by atoms with Crippen LogP contribution in [0.1, 0.15) is 10.4 Å². The van der Waals surface area contributed by atoms with Gasteiger partial charge in [-0.15, -0.1) is 11.3 Å². The Morgan fingerprint density at radius 1 is 1.32 bits per heavy atom. The van der Waals surface area contributed by atoms with Crippen molar-refractivity contribution in [3.05, 3.63) is 51.4 Å². The highest BCUT2D eigenvalue weighted by atomic mass is 35.5. The van der Waals surface area contributed by atoms with Crippen LogP contribution in [0.3, 0.4) is 0 Å². The topological polar surface area (TPSA) is 25.4 Å². The van der Waals surface area contributed by atoms with Gasteiger partial charge in [-0.1, -0.05) is 23.7 Å². The van der Waals surface area contributed by atoms with Gasteiger partial charge in [0.2, 0.25) is 0 Å². The van der Waals surface area contributed by atoms with Gasteiger partial charge in [0, 0.05) is 37.8 Å². The molecule has 0 amide bonds. The van der Waals surface area contributed by atoms with Crippen LogP contribution in [-0.2, 0) is 17.8 Å². The van der Waals surface area contributed by atoms with Gasteiger partial charge in [-0.05, 0) is 23.1 Å². The lowest BCUT2D eigenvalue weighted by Gasteiger charge is -2.21. The van der Waals surface area contributed by atoms with Crippen molar-refractivity contribution >= 4 is 22.9 Å². The second-order valence-electron chi connectivity index (χ2n) is 4.27. The van der Waals surface area contributed by atoms with Gasteiger partial charge < -0.3 is 4.74 Å². The molecule has 0 bridgehead atoms. The summed E-state index contributed by atoms with van der Waals surface area (Å²) in [6, 6.07) is 8.09. The Morgan fingerprint density at radius 3 is 2.84 bits per heavy atom. The van der Waals surface area contributed by atoms with Gasteiger partial charge in [-0.2, -0.15) is 0 Å². The molecule has 0 aliphatic rings. The molecule has 0 aliphatic carbocycles. The monoisotopic (exact) mass is 296 g/mol. The van der Waals surface area contributed by atoms with Crippen molar-refractivity contribution in [2.75, 3.05) is 20.3 Å². The van der Waals surface area contributed by atoms with Crippen molar-refractivity contribution < 1.29 is 4.74 Å². The largest absolute Gasteiger partial charge is 0.383 e. The predicted octanol–water partition coefficient (Wildman–Crippen LogP) is 3.45. The van der Waals surface area contributed by atoms with Crippen LogP contribution >= 0.6 is 22.9 Å². The zero-order valence-corrected chi connectivity index (χ0v) is 12.5. The van der Waals surface area contributed by atoms with Gasteiger partial charge in [0.1, 0.15) is 5.15 Å². The molecule has 0 saturated heterocycles. The molecule has 0 spiro atoms. The number of aromatic nitrogens is 1. The SMILES string of the molecule is COCCN(Cc1ccc(Cl)nc1)Cc1cccs1. The first-order valence-electron chi connectivity index (χ1n) is 6.12. The molecule has 0 N–H and O–H groups in total. The summed E-state index contributed by atoms with van der Waals surface area (Å²) in [5.41, 5.74) is 1.16. The third-order valence-corrected chi connectivity index (χ3v) is 3.85. The van der Waals surface area contributed by atoms with E-state index >= 15 is 0 Å². The number of halogens is 1. The van der Waals surface area contributed by atoms with E-state index in [0.717, 1.165) is 31.8 Å². The Kier molecular flexibility index (Phi) is 5.79. The van der Waals surface area contributed by atoms with Crippen LogP contribution in [0.25, 0.3) is 0 Å². The second-order valence-corrected chi connectivity index (χ2v) is 5.69. The minimum atomic E-state index is 0.533. The number of hydrogen-bond acceptors (Lipinski definition) is 4. The van der Waals surface area contributed by atoms with E-state index in [9.17, 15) is 0 Å². The van der Waals surface area contributed by atoms with Crippen LogP contribution in [0.5, 0.6) is 0 Å². The molecule has 19 heavy (non-hydrogen) atoms. The summed E-state index contributed by atoms with van der Waals surface area (Å²) >= 11 is 7.58. The van der Waals surface area contributed by atoms with E-state index in [1.165, 1.54) is 4.88 Å². The van der Waals surface area contributed by atoms with Crippen LogP contribution in [0.15, 0.2) is 35.8 Å². The fourth-order valence-electron chi connectivity index (χ4n) is 1.82. The lowest BCUT2D eigenvalue weighted by atomic mass is 10.2. The van der Waals surface area contributed by atoms with Crippen LogP contribution in [0.4, 0.5) is 0 Å². The first-order chi connectivity index (χ1) is 9.28. The lowest BCUT2D eigenvalue weighted by Crippen LogP contribution is -2.26. The number of pyridine rings is 1. The van der Waals surface area contributed by atoms with Crippen LogP contribution in [0.2, 0.25) is 5.15 Å². The molecule has 0 fully saturated rings. The predicted molar refractivity (Wildman–Crippen MR) is 79.6 cm³/mol. The Balaban J connectivity index is 1.98. The van der Waals surface area contributed by atoms with Crippen molar-refractivity contribution in [3.8, 4) is 0 Å². The molecule has 0 saturated carbocycles. The summed E-state index contributed by atoms with van der Waals surface area (Å²) in [7, 11) is 1.73. The molecule has 0 unspecified atom stereocenters. The maximum absolute atomic E-state index is 5.80. The summed E-state index contributed by atoms with van der Waals surface area (Å²) in [5.74, 6) is 0. The molecule has 2 aromatic heterocycles. The highest BCUT2D eigenvalue weighted by molar-refractivity contribution is 7.09. The third kappa shape index (κ3) is 4.91. The number of hydrogen-bond donors (Lipinski definition) is 0. The molecule has 0 aliphatic heterocycles. The number of ether oxygens (including phenoxy) is 1. The number of thiophene rings is 1. The molecule has 102 valence electrons. The van der Waals surface area contributed by atoms with Crippen LogP contribution < -0.4 is 0 Å². The molecule has 0 atom stereocenters. The first kappa shape index (κ1) is 14.5. The van der Waals surface area contributed by atoms with Gasteiger partial charge in [0.25, 0.3) is 0 Å². The van der Waals surface area contributed by atoms with Crippen LogP contribution in [0, 0.1) is 0 Å². The first-order valence-corrected chi connectivity index (χ1v) is 7.38. The van der Waals surface area contributed by atoms with E-state index < -0.39 is 0 Å². The molecule has 2 rings (SSSR count). The third-order valence-electron chi connectivity index (χ3n) is 2.77. The molecule has 2 heterocycles. The van der Waals surface area contributed by atoms with Gasteiger partial charge in [0.05, 0.1) is 6.61 Å². The second kappa shape index (κ2) is 7.60. The van der Waals surface area contributed by atoms with Gasteiger partial charge in [0.15, 0.2) is 0 Å². The quantitative estimate of drug-likeness (QED) is 0.732. The van der Waals surface area contributed by atoms with Crippen molar-refractivity contribution in [2.24, 2.45) is 0 Å². The molecular weight excluding hydrogens is 280 g/mol. The standard InChI is InChI=1S/C14H17ClN2OS/c1-18-7-6-17(11-13-3-2-8-19-13)10-12-4-5-14(15)16-9-12/h2-5,8-9H,6-7,10-11H2,1H3. The maximum Gasteiger partial charge on any atom is 0.129 e. The fraction of sp³-hybridized carbons (Fsp3) is 0.357. The van der Waals surface area contributed by atoms with E-state index in [1.54, 1.807) is 18.4 Å². The Labute approximate surface area is 122 Å². The summed E-state index contributed by atoms with van der Waals surface area (Å²) in [6.07, 6.45) is 1.83. The van der Waals surface area contributed by atoms with E-state index in [-0.39, 0.29) is 0 Å². The number of nitrogens with zero attached hydrogens (tertiary/aromatic N) is 2. The highest BCUT2D eigenvalue weighted by Crippen LogP contribution is 2.14. The average Bonchev–Trinajstić information content (AvgIpc) is 2.91. The summed E-state index contributed by atoms with van der Waals surface area (Å²) in [4.78, 5) is 7.83. The average molecular weight is 297 g/mol. The molecule has 3 nitrogen and oxygen atoms in total. The normalized spacial score (nSPS) is 11.1. The van der Waals surface area contributed by atoms with Crippen molar-refractivity contribution in [1.82, 2.24) is 9.88 Å². The minimum absolute atomic E-state index is 0.533. The summed E-state index contributed by atoms with van der Waals surface area (Å²) in [5, 5.41) is 2.64. The summed E-state index contributed by atoms with van der Waals surface area (Å²) in [6.45, 7) is 3.42. The van der Waals surface area contributed by atoms with E-state index in [2.05, 4.69) is 27.4 Å². The molecule has 2 aromatic rings. The zero-order valence-electron chi connectivity index (χ0n) is 10.9.